The number of hydrogen-bond donors (Lipinski definition) is 3. The maximum atomic E-state index is 12.4. The van der Waals surface area contributed by atoms with Gasteiger partial charge in [-0.3, -0.25) is 9.59 Å². The van der Waals surface area contributed by atoms with E-state index in [9.17, 15) is 19.8 Å². The Morgan fingerprint density at radius 3 is 1.14 bits per heavy atom. The lowest BCUT2D eigenvalue weighted by Crippen LogP contribution is -2.45. The number of carbonyl (C=O) groups is 2. The highest BCUT2D eigenvalue weighted by atomic mass is 16.5. The number of allylic oxidation sites excluding steroid dienone is 7. The third-order valence-electron chi connectivity index (χ3n) is 13.8. The van der Waals surface area contributed by atoms with Crippen LogP contribution in [0.1, 0.15) is 316 Å². The minimum atomic E-state index is -0.844. The average molecular weight is 969 g/mol. The number of nitrogens with one attached hydrogen (secondary N) is 1. The van der Waals surface area contributed by atoms with Crippen LogP contribution in [-0.4, -0.2) is 47.4 Å². The molecule has 6 nitrogen and oxygen atoms in total. The molecule has 0 heterocycles. The fourth-order valence-electron chi connectivity index (χ4n) is 9.13. The third-order valence-corrected chi connectivity index (χ3v) is 13.8. The zero-order chi connectivity index (χ0) is 50.0. The summed E-state index contributed by atoms with van der Waals surface area (Å²) >= 11 is 0. The number of aliphatic hydroxyl groups is 2. The molecule has 0 aliphatic carbocycles. The summed E-state index contributed by atoms with van der Waals surface area (Å²) in [5.74, 6) is -0.0672. The topological polar surface area (TPSA) is 95.9 Å². The Balaban J connectivity index is 3.38. The van der Waals surface area contributed by atoms with E-state index in [1.807, 2.05) is 6.08 Å². The first-order chi connectivity index (χ1) is 34.0. The van der Waals surface area contributed by atoms with Crippen molar-refractivity contribution < 1.29 is 24.5 Å². The Morgan fingerprint density at radius 2 is 0.725 bits per heavy atom. The van der Waals surface area contributed by atoms with Gasteiger partial charge in [0, 0.05) is 12.8 Å². The van der Waals surface area contributed by atoms with E-state index >= 15 is 0 Å². The SMILES string of the molecule is CCCCC/C=C\C/C=C\CCCCCCCCCC(=O)OCCCCCCCCCCCCCC/C=C\CCCCCCCCCCCCC(=O)NC(CO)C(O)/C=C/CCCCCCCCC. The second-order valence-electron chi connectivity index (χ2n) is 20.7. The highest BCUT2D eigenvalue weighted by molar-refractivity contribution is 5.76. The molecule has 0 rings (SSSR count). The Labute approximate surface area is 429 Å². The van der Waals surface area contributed by atoms with Crippen molar-refractivity contribution in [1.82, 2.24) is 5.32 Å². The molecule has 0 aliphatic rings. The molecule has 0 aliphatic heterocycles. The van der Waals surface area contributed by atoms with Crippen LogP contribution in [0.5, 0.6) is 0 Å². The minimum Gasteiger partial charge on any atom is -0.466 e. The van der Waals surface area contributed by atoms with Crippen molar-refractivity contribution in [1.29, 1.82) is 0 Å². The van der Waals surface area contributed by atoms with Crippen LogP contribution in [0.2, 0.25) is 0 Å². The van der Waals surface area contributed by atoms with Gasteiger partial charge in [0.2, 0.25) is 5.91 Å². The number of esters is 1. The summed E-state index contributed by atoms with van der Waals surface area (Å²) in [4.78, 5) is 24.5. The van der Waals surface area contributed by atoms with Gasteiger partial charge in [-0.05, 0) is 89.9 Å². The van der Waals surface area contributed by atoms with E-state index in [0.717, 1.165) is 51.4 Å². The molecule has 0 fully saturated rings. The van der Waals surface area contributed by atoms with Gasteiger partial charge in [-0.15, -0.1) is 0 Å². The van der Waals surface area contributed by atoms with Gasteiger partial charge in [0.1, 0.15) is 0 Å². The highest BCUT2D eigenvalue weighted by Gasteiger charge is 2.18. The normalized spacial score (nSPS) is 12.9. The molecule has 0 spiro atoms. The Hall–Kier alpha value is -2.18. The fraction of sp³-hybridized carbons (Fsp3) is 0.841. The Kier molecular flexibility index (Phi) is 56.5. The van der Waals surface area contributed by atoms with Gasteiger partial charge in [0.05, 0.1) is 25.4 Å². The van der Waals surface area contributed by atoms with Gasteiger partial charge in [-0.2, -0.15) is 0 Å². The number of carbonyl (C=O) groups excluding carboxylic acids is 2. The van der Waals surface area contributed by atoms with Crippen molar-refractivity contribution in [2.45, 2.75) is 328 Å². The molecule has 0 bridgehead atoms. The first kappa shape index (κ1) is 66.8. The first-order valence-corrected chi connectivity index (χ1v) is 30.4. The van der Waals surface area contributed by atoms with E-state index < -0.39 is 12.1 Å². The summed E-state index contributed by atoms with van der Waals surface area (Å²) < 4.78 is 5.49. The molecule has 0 saturated heterocycles. The standard InChI is InChI=1S/C63H117NO5/c1-3-5-7-9-11-13-14-15-16-27-31-34-37-41-45-49-53-57-63(68)69-58-54-50-46-42-38-35-32-29-26-24-22-20-18-17-19-21-23-25-28-30-33-36-40-44-48-52-56-62(67)64-60(59-65)61(66)55-51-47-43-39-12-10-8-6-4-2/h11,13,15-17,19,51,55,60-61,65-66H,3-10,12,14,18,20-50,52-54,56-59H2,1-2H3,(H,64,67)/b13-11-,16-15-,19-17-,55-51+. The summed E-state index contributed by atoms with van der Waals surface area (Å²) in [6.07, 6.45) is 74.5. The third kappa shape index (κ3) is 55.0. The van der Waals surface area contributed by atoms with Crippen molar-refractivity contribution in [2.75, 3.05) is 13.2 Å². The average Bonchev–Trinajstić information content (AvgIpc) is 3.35. The van der Waals surface area contributed by atoms with Crippen LogP contribution in [0.3, 0.4) is 0 Å². The molecule has 0 radical (unpaired) electrons. The van der Waals surface area contributed by atoms with E-state index in [2.05, 4.69) is 55.6 Å². The van der Waals surface area contributed by atoms with Crippen LogP contribution in [-0.2, 0) is 14.3 Å². The molecule has 3 N–H and O–H groups in total. The van der Waals surface area contributed by atoms with Crippen LogP contribution in [0.25, 0.3) is 0 Å². The summed E-state index contributed by atoms with van der Waals surface area (Å²) in [5.41, 5.74) is 0. The minimum absolute atomic E-state index is 0.00559. The van der Waals surface area contributed by atoms with E-state index in [-0.39, 0.29) is 18.5 Å². The van der Waals surface area contributed by atoms with Gasteiger partial charge in [-0.25, -0.2) is 0 Å². The number of amides is 1. The van der Waals surface area contributed by atoms with Crippen LogP contribution in [0, 0.1) is 0 Å². The number of ether oxygens (including phenoxy) is 1. The van der Waals surface area contributed by atoms with Crippen molar-refractivity contribution in [3.63, 3.8) is 0 Å². The lowest BCUT2D eigenvalue weighted by molar-refractivity contribution is -0.143. The Morgan fingerprint density at radius 1 is 0.406 bits per heavy atom. The van der Waals surface area contributed by atoms with Gasteiger partial charge < -0.3 is 20.3 Å². The van der Waals surface area contributed by atoms with Crippen molar-refractivity contribution in [3.8, 4) is 0 Å². The second-order valence-corrected chi connectivity index (χ2v) is 20.7. The zero-order valence-electron chi connectivity index (χ0n) is 46.0. The molecule has 0 saturated carbocycles. The van der Waals surface area contributed by atoms with Gasteiger partial charge >= 0.3 is 5.97 Å². The predicted molar refractivity (Wildman–Crippen MR) is 301 cm³/mol. The number of hydrogen-bond acceptors (Lipinski definition) is 5. The fourth-order valence-corrected chi connectivity index (χ4v) is 9.13. The molecule has 404 valence electrons. The molecular weight excluding hydrogens is 851 g/mol. The van der Waals surface area contributed by atoms with Gasteiger partial charge in [0.15, 0.2) is 0 Å². The maximum Gasteiger partial charge on any atom is 0.305 e. The molecule has 2 atom stereocenters. The predicted octanol–water partition coefficient (Wildman–Crippen LogP) is 19.0. The summed E-state index contributed by atoms with van der Waals surface area (Å²) in [6.45, 7) is 4.85. The molecule has 2 unspecified atom stereocenters. The highest BCUT2D eigenvalue weighted by Crippen LogP contribution is 2.16. The first-order valence-electron chi connectivity index (χ1n) is 30.4. The number of unbranched alkanes of at least 4 members (excludes halogenated alkanes) is 39. The maximum absolute atomic E-state index is 12.4. The van der Waals surface area contributed by atoms with Crippen LogP contribution < -0.4 is 5.32 Å². The van der Waals surface area contributed by atoms with E-state index in [0.29, 0.717) is 19.4 Å². The molecule has 69 heavy (non-hydrogen) atoms. The zero-order valence-corrected chi connectivity index (χ0v) is 46.0. The molecule has 0 aromatic rings. The quantitative estimate of drug-likeness (QED) is 0.0321. The molecule has 1 amide bonds. The van der Waals surface area contributed by atoms with Crippen molar-refractivity contribution in [2.24, 2.45) is 0 Å². The number of aliphatic hydroxyl groups excluding tert-OH is 2. The van der Waals surface area contributed by atoms with Gasteiger partial charge in [0.25, 0.3) is 0 Å². The van der Waals surface area contributed by atoms with Crippen LogP contribution in [0.4, 0.5) is 0 Å². The number of rotatable bonds is 56. The molecule has 6 heteroatoms. The van der Waals surface area contributed by atoms with Crippen molar-refractivity contribution in [3.05, 3.63) is 48.6 Å². The lowest BCUT2D eigenvalue weighted by atomic mass is 10.0. The molecule has 0 aromatic carbocycles. The lowest BCUT2D eigenvalue weighted by Gasteiger charge is -2.20. The largest absolute Gasteiger partial charge is 0.466 e. The van der Waals surface area contributed by atoms with Crippen LogP contribution >= 0.6 is 0 Å². The molecule has 0 aromatic heterocycles. The second kappa shape index (κ2) is 58.4. The van der Waals surface area contributed by atoms with E-state index in [1.54, 1.807) is 6.08 Å². The molecular formula is C63H117NO5. The van der Waals surface area contributed by atoms with Crippen LogP contribution in [0.15, 0.2) is 48.6 Å². The summed E-state index contributed by atoms with van der Waals surface area (Å²) in [6, 6.07) is -0.627. The van der Waals surface area contributed by atoms with E-state index in [1.165, 1.54) is 238 Å². The Bertz CT molecular complexity index is 1160. The summed E-state index contributed by atoms with van der Waals surface area (Å²) in [5, 5.41) is 22.9. The van der Waals surface area contributed by atoms with E-state index in [4.69, 9.17) is 4.74 Å². The monoisotopic (exact) mass is 968 g/mol. The van der Waals surface area contributed by atoms with Gasteiger partial charge in [-0.1, -0.05) is 262 Å². The smallest absolute Gasteiger partial charge is 0.305 e. The summed E-state index contributed by atoms with van der Waals surface area (Å²) in [7, 11) is 0. The van der Waals surface area contributed by atoms with Crippen molar-refractivity contribution >= 4 is 11.9 Å².